The molecular formula is C11H15O2S+. The highest BCUT2D eigenvalue weighted by atomic mass is 32.1. The van der Waals surface area contributed by atoms with Crippen LogP contribution in [0.4, 0.5) is 0 Å². The van der Waals surface area contributed by atoms with Crippen LogP contribution in [-0.2, 0) is 17.4 Å². The first-order chi connectivity index (χ1) is 6.54. The number of benzene rings is 1. The van der Waals surface area contributed by atoms with E-state index >= 15 is 0 Å². The van der Waals surface area contributed by atoms with Crippen molar-refractivity contribution in [3.8, 4) is 5.75 Å². The molecule has 76 valence electrons. The molecule has 14 heavy (non-hydrogen) atoms. The first kappa shape index (κ1) is 11.1. The summed E-state index contributed by atoms with van der Waals surface area (Å²) in [6, 6.07) is 3.87. The van der Waals surface area contributed by atoms with Crippen LogP contribution in [0.2, 0.25) is 0 Å². The maximum atomic E-state index is 11.1. The Bertz CT molecular complexity index is 335. The van der Waals surface area contributed by atoms with Crippen molar-refractivity contribution in [1.82, 2.24) is 0 Å². The summed E-state index contributed by atoms with van der Waals surface area (Å²) in [6.07, 6.45) is 0.397. The second-order valence-electron chi connectivity index (χ2n) is 3.27. The summed E-state index contributed by atoms with van der Waals surface area (Å²) < 4.78 is 5.22. The summed E-state index contributed by atoms with van der Waals surface area (Å²) >= 11 is 3.44. The number of ether oxygens (including phenoxy) is 1. The fourth-order valence-electron chi connectivity index (χ4n) is 1.30. The summed E-state index contributed by atoms with van der Waals surface area (Å²) in [5.74, 6) is 0.483. The molecule has 0 amide bonds. The van der Waals surface area contributed by atoms with Gasteiger partial charge in [-0.05, 0) is 49.7 Å². The van der Waals surface area contributed by atoms with Gasteiger partial charge in [-0.3, -0.25) is 4.79 Å². The van der Waals surface area contributed by atoms with Crippen molar-refractivity contribution in [1.29, 1.82) is 0 Å². The monoisotopic (exact) mass is 211 g/mol. The van der Waals surface area contributed by atoms with Gasteiger partial charge in [0.2, 0.25) is 0 Å². The van der Waals surface area contributed by atoms with Gasteiger partial charge >= 0.3 is 5.97 Å². The highest BCUT2D eigenvalue weighted by molar-refractivity contribution is 7.58. The Hall–Kier alpha value is -0.960. The van der Waals surface area contributed by atoms with Crippen LogP contribution in [0.3, 0.4) is 0 Å². The fraction of sp³-hybridized carbons (Fsp3) is 0.364. The normalized spacial score (nSPS) is 10.0. The van der Waals surface area contributed by atoms with Crippen LogP contribution in [0.1, 0.15) is 24.5 Å². The smallest absolute Gasteiger partial charge is 0.310 e. The number of aryl methyl sites for hydroxylation is 2. The standard InChI is InChI=1S/C11H14O2S/c1-4-10(12)13-11-7(2)5-9(14)6-8(11)3/h5-6,14H,4H2,1-3H3/p+1. The van der Waals surface area contributed by atoms with E-state index in [1.165, 1.54) is 0 Å². The molecular weight excluding hydrogens is 196 g/mol. The molecule has 0 saturated heterocycles. The largest absolute Gasteiger partial charge is 0.426 e. The van der Waals surface area contributed by atoms with E-state index in [1.807, 2.05) is 26.0 Å². The molecule has 0 spiro atoms. The van der Waals surface area contributed by atoms with Crippen molar-refractivity contribution >= 4 is 18.6 Å². The summed E-state index contributed by atoms with van der Waals surface area (Å²) in [4.78, 5) is 12.1. The maximum absolute atomic E-state index is 11.1. The molecule has 1 aromatic rings. The quantitative estimate of drug-likeness (QED) is 0.425. The predicted molar refractivity (Wildman–Crippen MR) is 60.3 cm³/mol. The fourth-order valence-corrected chi connectivity index (χ4v) is 1.73. The van der Waals surface area contributed by atoms with Crippen LogP contribution in [0.25, 0.3) is 0 Å². The molecule has 0 aromatic heterocycles. The van der Waals surface area contributed by atoms with E-state index in [4.69, 9.17) is 4.74 Å². The van der Waals surface area contributed by atoms with Crippen LogP contribution in [-0.4, -0.2) is 5.97 Å². The summed E-state index contributed by atoms with van der Waals surface area (Å²) in [5, 5.41) is 0. The van der Waals surface area contributed by atoms with E-state index in [0.717, 1.165) is 16.0 Å². The topological polar surface area (TPSA) is 26.3 Å². The molecule has 0 radical (unpaired) electrons. The number of esters is 1. The Morgan fingerprint density at radius 1 is 1.36 bits per heavy atom. The summed E-state index contributed by atoms with van der Waals surface area (Å²) in [6.45, 7) is 5.63. The lowest BCUT2D eigenvalue weighted by Gasteiger charge is -2.08. The average Bonchev–Trinajstić information content (AvgIpc) is 2.10. The molecule has 0 saturated carbocycles. The SMILES string of the molecule is CCC(=O)Oc1c(C)cc([SH2+])cc1C. The van der Waals surface area contributed by atoms with Gasteiger partial charge in [-0.1, -0.05) is 6.92 Å². The van der Waals surface area contributed by atoms with E-state index in [2.05, 4.69) is 12.6 Å². The first-order valence-electron chi connectivity index (χ1n) is 4.58. The Kier molecular flexibility index (Phi) is 3.58. The van der Waals surface area contributed by atoms with Crippen LogP contribution in [0.5, 0.6) is 5.75 Å². The highest BCUT2D eigenvalue weighted by Crippen LogP contribution is 2.24. The van der Waals surface area contributed by atoms with E-state index < -0.39 is 0 Å². The van der Waals surface area contributed by atoms with Gasteiger partial charge in [0, 0.05) is 6.42 Å². The molecule has 1 rings (SSSR count). The van der Waals surface area contributed by atoms with Gasteiger partial charge in [0.25, 0.3) is 0 Å². The molecule has 0 unspecified atom stereocenters. The number of carbonyl (C=O) groups is 1. The molecule has 0 fully saturated rings. The minimum absolute atomic E-state index is 0.196. The second kappa shape index (κ2) is 4.51. The van der Waals surface area contributed by atoms with Crippen LogP contribution in [0, 0.1) is 13.8 Å². The van der Waals surface area contributed by atoms with E-state index in [-0.39, 0.29) is 5.97 Å². The van der Waals surface area contributed by atoms with Crippen molar-refractivity contribution in [2.45, 2.75) is 32.1 Å². The Morgan fingerprint density at radius 2 is 1.86 bits per heavy atom. The third kappa shape index (κ3) is 2.51. The zero-order chi connectivity index (χ0) is 10.7. The number of hydrogen-bond acceptors (Lipinski definition) is 2. The summed E-state index contributed by atoms with van der Waals surface area (Å²) in [7, 11) is 0. The third-order valence-electron chi connectivity index (χ3n) is 1.96. The predicted octanol–water partition coefficient (Wildman–Crippen LogP) is 1.99. The zero-order valence-corrected chi connectivity index (χ0v) is 9.68. The van der Waals surface area contributed by atoms with Crippen molar-refractivity contribution in [3.05, 3.63) is 23.3 Å². The number of carbonyl (C=O) groups excluding carboxylic acids is 1. The van der Waals surface area contributed by atoms with Crippen molar-refractivity contribution in [2.24, 2.45) is 0 Å². The van der Waals surface area contributed by atoms with Crippen LogP contribution >= 0.6 is 0 Å². The molecule has 0 bridgehead atoms. The van der Waals surface area contributed by atoms with Crippen molar-refractivity contribution in [2.75, 3.05) is 0 Å². The second-order valence-corrected chi connectivity index (χ2v) is 3.84. The number of rotatable bonds is 2. The zero-order valence-electron chi connectivity index (χ0n) is 8.68. The number of hydrogen-bond donors (Lipinski definition) is 0. The minimum Gasteiger partial charge on any atom is -0.426 e. The lowest BCUT2D eigenvalue weighted by molar-refractivity contribution is -0.134. The van der Waals surface area contributed by atoms with Gasteiger partial charge in [0.15, 0.2) is 4.90 Å². The van der Waals surface area contributed by atoms with E-state index in [9.17, 15) is 4.79 Å². The molecule has 0 aliphatic heterocycles. The lowest BCUT2D eigenvalue weighted by Crippen LogP contribution is -2.07. The van der Waals surface area contributed by atoms with Crippen molar-refractivity contribution < 1.29 is 9.53 Å². The molecule has 2 nitrogen and oxygen atoms in total. The Labute approximate surface area is 89.7 Å². The Morgan fingerprint density at radius 3 is 2.29 bits per heavy atom. The van der Waals surface area contributed by atoms with Gasteiger partial charge in [-0.25, -0.2) is 0 Å². The van der Waals surface area contributed by atoms with Gasteiger partial charge in [0.1, 0.15) is 5.75 Å². The van der Waals surface area contributed by atoms with Gasteiger partial charge in [0.05, 0.1) is 0 Å². The highest BCUT2D eigenvalue weighted by Gasteiger charge is 2.10. The third-order valence-corrected chi connectivity index (χ3v) is 2.25. The molecule has 1 aromatic carbocycles. The van der Waals surface area contributed by atoms with Crippen LogP contribution < -0.4 is 4.74 Å². The maximum Gasteiger partial charge on any atom is 0.310 e. The Balaban J connectivity index is 3.02. The molecule has 0 N–H and O–H groups in total. The van der Waals surface area contributed by atoms with Crippen molar-refractivity contribution in [3.63, 3.8) is 0 Å². The van der Waals surface area contributed by atoms with E-state index in [0.29, 0.717) is 12.2 Å². The van der Waals surface area contributed by atoms with Gasteiger partial charge in [-0.15, -0.1) is 0 Å². The molecule has 0 aliphatic rings. The first-order valence-corrected chi connectivity index (χ1v) is 5.08. The average molecular weight is 211 g/mol. The van der Waals surface area contributed by atoms with Gasteiger partial charge < -0.3 is 4.74 Å². The minimum atomic E-state index is -0.196. The van der Waals surface area contributed by atoms with Crippen LogP contribution in [0.15, 0.2) is 17.0 Å². The lowest BCUT2D eigenvalue weighted by atomic mass is 10.1. The molecule has 3 heteroatoms. The van der Waals surface area contributed by atoms with E-state index in [1.54, 1.807) is 6.92 Å². The molecule has 0 aliphatic carbocycles. The van der Waals surface area contributed by atoms with Gasteiger partial charge in [-0.2, -0.15) is 0 Å². The molecule has 0 heterocycles. The summed E-state index contributed by atoms with van der Waals surface area (Å²) in [5.41, 5.74) is 1.94. The molecule has 0 atom stereocenters.